The minimum absolute atomic E-state index is 0.109. The normalized spacial score (nSPS) is 24.3. The molecule has 1 heterocycles. The van der Waals surface area contributed by atoms with Gasteiger partial charge in [0, 0.05) is 17.0 Å². The maximum absolute atomic E-state index is 15.2. The smallest absolute Gasteiger partial charge is 0.183 e. The van der Waals surface area contributed by atoms with Gasteiger partial charge in [-0.2, -0.15) is 0 Å². The molecule has 2 fully saturated rings. The lowest BCUT2D eigenvalue weighted by molar-refractivity contribution is -0.206. The number of ether oxygens (including phenoxy) is 2. The second-order valence-corrected chi connectivity index (χ2v) is 11.6. The average molecular weight is 509 g/mol. The molecule has 1 aliphatic carbocycles. The Labute approximate surface area is 225 Å². The van der Waals surface area contributed by atoms with E-state index in [1.807, 2.05) is 30.3 Å². The molecule has 204 valence electrons. The second-order valence-electron chi connectivity index (χ2n) is 11.6. The zero-order valence-corrected chi connectivity index (χ0v) is 23.4. The number of halogens is 1. The van der Waals surface area contributed by atoms with Crippen LogP contribution in [0.4, 0.5) is 4.39 Å². The van der Waals surface area contributed by atoms with E-state index in [1.165, 1.54) is 95.5 Å². The quantitative estimate of drug-likeness (QED) is 0.251. The molecule has 0 atom stereocenters. The Kier molecular flexibility index (Phi) is 11.5. The molecule has 0 unspecified atom stereocenters. The largest absolute Gasteiger partial charge is 0.348 e. The Bertz CT molecular complexity index is 908. The second kappa shape index (κ2) is 15.0. The molecule has 0 spiro atoms. The van der Waals surface area contributed by atoms with Crippen LogP contribution in [0.5, 0.6) is 0 Å². The highest BCUT2D eigenvalue weighted by atomic mass is 19.1. The Morgan fingerprint density at radius 1 is 0.676 bits per heavy atom. The van der Waals surface area contributed by atoms with Crippen molar-refractivity contribution in [1.82, 2.24) is 0 Å². The van der Waals surface area contributed by atoms with Crippen molar-refractivity contribution in [3.63, 3.8) is 0 Å². The minimum Gasteiger partial charge on any atom is -0.348 e. The van der Waals surface area contributed by atoms with Crippen molar-refractivity contribution < 1.29 is 13.9 Å². The van der Waals surface area contributed by atoms with Crippen LogP contribution in [0.25, 0.3) is 11.1 Å². The Morgan fingerprint density at radius 3 is 1.95 bits per heavy atom. The Morgan fingerprint density at radius 2 is 1.27 bits per heavy atom. The number of unbranched alkanes of at least 4 members (excludes halogenated alkanes) is 6. The highest BCUT2D eigenvalue weighted by Gasteiger charge is 2.24. The lowest BCUT2D eigenvalue weighted by atomic mass is 9.77. The summed E-state index contributed by atoms with van der Waals surface area (Å²) in [5, 5.41) is 0. The van der Waals surface area contributed by atoms with Gasteiger partial charge < -0.3 is 9.47 Å². The molecule has 2 aromatic rings. The molecule has 4 rings (SSSR count). The van der Waals surface area contributed by atoms with Gasteiger partial charge in [0.25, 0.3) is 0 Å². The molecule has 1 aliphatic heterocycles. The SMILES string of the molecule is CCCCCCC[C@H]1CO[C@H](c2ccc(-c3ccc(C4CCC(CCCCC)CC4)cc3F)cc2)OC1. The Balaban J connectivity index is 1.25. The monoisotopic (exact) mass is 508 g/mol. The van der Waals surface area contributed by atoms with E-state index in [1.54, 1.807) is 6.07 Å². The zero-order chi connectivity index (χ0) is 25.9. The van der Waals surface area contributed by atoms with Crippen molar-refractivity contribution in [2.45, 2.75) is 116 Å². The predicted molar refractivity (Wildman–Crippen MR) is 152 cm³/mol. The van der Waals surface area contributed by atoms with Crippen molar-refractivity contribution in [2.24, 2.45) is 11.8 Å². The fourth-order valence-corrected chi connectivity index (χ4v) is 6.25. The topological polar surface area (TPSA) is 18.5 Å². The summed E-state index contributed by atoms with van der Waals surface area (Å²) in [7, 11) is 0. The lowest BCUT2D eigenvalue weighted by Gasteiger charge is -2.30. The van der Waals surface area contributed by atoms with E-state index in [0.29, 0.717) is 17.4 Å². The van der Waals surface area contributed by atoms with Crippen LogP contribution in [0.1, 0.15) is 127 Å². The first kappa shape index (κ1) is 28.3. The van der Waals surface area contributed by atoms with Crippen LogP contribution in [0.2, 0.25) is 0 Å². The van der Waals surface area contributed by atoms with E-state index in [-0.39, 0.29) is 12.1 Å². The minimum atomic E-state index is -0.310. The summed E-state index contributed by atoms with van der Waals surface area (Å²) in [4.78, 5) is 0. The van der Waals surface area contributed by atoms with Crippen LogP contribution in [0.3, 0.4) is 0 Å². The third-order valence-corrected chi connectivity index (χ3v) is 8.70. The van der Waals surface area contributed by atoms with E-state index in [9.17, 15) is 0 Å². The highest BCUT2D eigenvalue weighted by molar-refractivity contribution is 5.65. The van der Waals surface area contributed by atoms with Crippen LogP contribution >= 0.6 is 0 Å². The maximum Gasteiger partial charge on any atom is 0.183 e. The molecule has 2 nitrogen and oxygen atoms in total. The lowest BCUT2D eigenvalue weighted by Crippen LogP contribution is -2.27. The van der Waals surface area contributed by atoms with Gasteiger partial charge >= 0.3 is 0 Å². The van der Waals surface area contributed by atoms with E-state index >= 15 is 4.39 Å². The van der Waals surface area contributed by atoms with E-state index < -0.39 is 0 Å². The summed E-state index contributed by atoms with van der Waals surface area (Å²) in [6.07, 6.45) is 17.8. The first-order chi connectivity index (χ1) is 18.2. The summed E-state index contributed by atoms with van der Waals surface area (Å²) in [5.74, 6) is 1.78. The molecule has 3 heteroatoms. The van der Waals surface area contributed by atoms with Crippen LogP contribution < -0.4 is 0 Å². The third-order valence-electron chi connectivity index (χ3n) is 8.70. The summed E-state index contributed by atoms with van der Waals surface area (Å²) >= 11 is 0. The van der Waals surface area contributed by atoms with Crippen molar-refractivity contribution in [2.75, 3.05) is 13.2 Å². The molecule has 0 bridgehead atoms. The fourth-order valence-electron chi connectivity index (χ4n) is 6.25. The van der Waals surface area contributed by atoms with E-state index in [0.717, 1.165) is 30.3 Å². The van der Waals surface area contributed by atoms with Gasteiger partial charge in [-0.05, 0) is 61.1 Å². The molecule has 1 saturated carbocycles. The molecule has 0 radical (unpaired) electrons. The molecule has 0 aromatic heterocycles. The predicted octanol–water partition coefficient (Wildman–Crippen LogP) is 10.4. The number of benzene rings is 2. The third kappa shape index (κ3) is 8.39. The zero-order valence-electron chi connectivity index (χ0n) is 23.4. The summed E-state index contributed by atoms with van der Waals surface area (Å²) in [5.41, 5.74) is 3.78. The van der Waals surface area contributed by atoms with Crippen LogP contribution in [0, 0.1) is 17.7 Å². The fraction of sp³-hybridized carbons (Fsp3) is 0.647. The van der Waals surface area contributed by atoms with Crippen molar-refractivity contribution >= 4 is 0 Å². The van der Waals surface area contributed by atoms with Crippen molar-refractivity contribution in [1.29, 1.82) is 0 Å². The van der Waals surface area contributed by atoms with Gasteiger partial charge in [-0.3, -0.25) is 0 Å². The van der Waals surface area contributed by atoms with Crippen LogP contribution in [-0.2, 0) is 9.47 Å². The van der Waals surface area contributed by atoms with E-state index in [2.05, 4.69) is 19.9 Å². The van der Waals surface area contributed by atoms with Gasteiger partial charge in [-0.15, -0.1) is 0 Å². The molecule has 1 saturated heterocycles. The maximum atomic E-state index is 15.2. The molecular formula is C34H49FO2. The standard InChI is InChI=1S/C34H49FO2/c1-3-5-7-8-10-12-27-24-36-34(37-25-27)30-19-17-29(18-20-30)32-22-21-31(23-33(32)35)28-15-13-26(14-16-28)11-9-6-4-2/h17-23,26-28,34H,3-16,24-25H2,1-2H3/t26?,27-,28?,34-. The molecule has 0 N–H and O–H groups in total. The van der Waals surface area contributed by atoms with Crippen LogP contribution in [0.15, 0.2) is 42.5 Å². The van der Waals surface area contributed by atoms with Gasteiger partial charge in [-0.25, -0.2) is 4.39 Å². The van der Waals surface area contributed by atoms with Gasteiger partial charge in [0.15, 0.2) is 6.29 Å². The van der Waals surface area contributed by atoms with E-state index in [4.69, 9.17) is 9.47 Å². The first-order valence-electron chi connectivity index (χ1n) is 15.3. The van der Waals surface area contributed by atoms with Gasteiger partial charge in [0.2, 0.25) is 0 Å². The molecule has 2 aliphatic rings. The number of rotatable bonds is 13. The highest BCUT2D eigenvalue weighted by Crippen LogP contribution is 2.39. The molecular weight excluding hydrogens is 459 g/mol. The van der Waals surface area contributed by atoms with Gasteiger partial charge in [0.05, 0.1) is 13.2 Å². The van der Waals surface area contributed by atoms with Crippen molar-refractivity contribution in [3.05, 3.63) is 59.4 Å². The average Bonchev–Trinajstić information content (AvgIpc) is 2.94. The van der Waals surface area contributed by atoms with Gasteiger partial charge in [-0.1, -0.05) is 108 Å². The van der Waals surface area contributed by atoms with Gasteiger partial charge in [0.1, 0.15) is 5.82 Å². The number of hydrogen-bond donors (Lipinski definition) is 0. The van der Waals surface area contributed by atoms with Crippen molar-refractivity contribution in [3.8, 4) is 11.1 Å². The number of hydrogen-bond acceptors (Lipinski definition) is 2. The first-order valence-corrected chi connectivity index (χ1v) is 15.3. The van der Waals surface area contributed by atoms with Crippen LogP contribution in [-0.4, -0.2) is 13.2 Å². The summed E-state index contributed by atoms with van der Waals surface area (Å²) < 4.78 is 27.3. The molecule has 0 amide bonds. The Hall–Kier alpha value is -1.71. The molecule has 2 aromatic carbocycles. The summed E-state index contributed by atoms with van der Waals surface area (Å²) in [6, 6.07) is 14.0. The molecule has 37 heavy (non-hydrogen) atoms. The summed E-state index contributed by atoms with van der Waals surface area (Å²) in [6.45, 7) is 6.05.